The monoisotopic (exact) mass is 745 g/mol. The highest BCUT2D eigenvalue weighted by molar-refractivity contribution is 6.37. The summed E-state index contributed by atoms with van der Waals surface area (Å²) in [5.41, 5.74) is 27.3. The number of rotatable bonds is 20. The fourth-order valence-corrected chi connectivity index (χ4v) is 5.99. The van der Waals surface area contributed by atoms with Crippen LogP contribution in [0.2, 0.25) is 0 Å². The Balaban J connectivity index is 1.71. The maximum absolute atomic E-state index is 13.9. The highest BCUT2D eigenvalue weighted by Gasteiger charge is 2.31. The molecule has 2 aromatic rings. The number of nitrogens with zero attached hydrogens (tertiary/aromatic N) is 1. The quantitative estimate of drug-likeness (QED) is 0.0221. The molecule has 0 spiro atoms. The van der Waals surface area contributed by atoms with Gasteiger partial charge in [0.05, 0.1) is 0 Å². The Kier molecular flexibility index (Phi) is 17.8. The molecule has 1 aliphatic carbocycles. The molecule has 54 heavy (non-hydrogen) atoms. The van der Waals surface area contributed by atoms with Gasteiger partial charge in [0.25, 0.3) is 11.8 Å². The molecule has 16 heteroatoms. The highest BCUT2D eigenvalue weighted by atomic mass is 16.2. The van der Waals surface area contributed by atoms with Crippen molar-refractivity contribution in [1.29, 1.82) is 0 Å². The molecule has 1 saturated carbocycles. The van der Waals surface area contributed by atoms with Crippen LogP contribution in [0, 0.1) is 5.92 Å². The molecule has 0 aromatic heterocycles. The zero-order valence-electron chi connectivity index (χ0n) is 30.8. The third-order valence-electron chi connectivity index (χ3n) is 8.89. The van der Waals surface area contributed by atoms with Crippen molar-refractivity contribution in [2.45, 2.75) is 89.1 Å². The summed E-state index contributed by atoms with van der Waals surface area (Å²) in [7, 11) is 0. The maximum Gasteiger partial charge on any atom is 0.288 e. The number of hydrogen-bond acceptors (Lipinski definition) is 10. The molecule has 0 saturated heterocycles. The van der Waals surface area contributed by atoms with E-state index >= 15 is 0 Å². The summed E-state index contributed by atoms with van der Waals surface area (Å²) in [6, 6.07) is 15.1. The minimum Gasteiger partial charge on any atom is -0.378 e. The van der Waals surface area contributed by atoms with Crippen LogP contribution in [0.15, 0.2) is 83.7 Å². The predicted molar refractivity (Wildman–Crippen MR) is 208 cm³/mol. The van der Waals surface area contributed by atoms with Crippen LogP contribution >= 0.6 is 0 Å². The number of benzene rings is 2. The van der Waals surface area contributed by atoms with E-state index in [1.54, 1.807) is 13.0 Å². The fraction of sp³-hybridized carbons (Fsp3) is 0.421. The second-order valence-electron chi connectivity index (χ2n) is 13.4. The Bertz CT molecular complexity index is 1630. The van der Waals surface area contributed by atoms with Gasteiger partial charge in [-0.2, -0.15) is 5.10 Å². The summed E-state index contributed by atoms with van der Waals surface area (Å²) in [5.74, 6) is -3.68. The number of nitrogens with two attached hydrogens (primary N) is 4. The summed E-state index contributed by atoms with van der Waals surface area (Å²) >= 11 is 0. The summed E-state index contributed by atoms with van der Waals surface area (Å²) in [4.78, 5) is 65.8. The van der Waals surface area contributed by atoms with Gasteiger partial charge in [0.15, 0.2) is 0 Å². The van der Waals surface area contributed by atoms with Crippen molar-refractivity contribution in [1.82, 2.24) is 32.0 Å². The van der Waals surface area contributed by atoms with Crippen LogP contribution in [-0.4, -0.2) is 66.3 Å². The van der Waals surface area contributed by atoms with Gasteiger partial charge in [-0.15, -0.1) is 0 Å². The molecule has 0 radical (unpaired) electrons. The molecular formula is C38H55N11O5. The summed E-state index contributed by atoms with van der Waals surface area (Å²) < 4.78 is 0. The lowest BCUT2D eigenvalue weighted by molar-refractivity contribution is -0.133. The molecule has 16 nitrogen and oxygen atoms in total. The number of amidine groups is 1. The van der Waals surface area contributed by atoms with Crippen molar-refractivity contribution in [2.24, 2.45) is 34.0 Å². The third kappa shape index (κ3) is 15.6. The normalized spacial score (nSPS) is 15.3. The number of carbonyl (C=O) groups is 5. The summed E-state index contributed by atoms with van der Waals surface area (Å²) in [6.45, 7) is 5.70. The second kappa shape index (κ2) is 22.5. The highest BCUT2D eigenvalue weighted by Crippen LogP contribution is 2.27. The fourth-order valence-electron chi connectivity index (χ4n) is 5.99. The Morgan fingerprint density at radius 3 is 2.07 bits per heavy atom. The van der Waals surface area contributed by atoms with Crippen molar-refractivity contribution >= 4 is 41.4 Å². The predicted octanol–water partition coefficient (Wildman–Crippen LogP) is 0.263. The Morgan fingerprint density at radius 1 is 0.833 bits per heavy atom. The smallest absolute Gasteiger partial charge is 0.288 e. The van der Waals surface area contributed by atoms with Gasteiger partial charge in [0.2, 0.25) is 23.6 Å². The molecule has 1 fully saturated rings. The minimum absolute atomic E-state index is 0.0338. The van der Waals surface area contributed by atoms with Gasteiger partial charge in [0.1, 0.15) is 30.2 Å². The van der Waals surface area contributed by atoms with E-state index in [-0.39, 0.29) is 24.6 Å². The van der Waals surface area contributed by atoms with E-state index in [1.807, 2.05) is 60.7 Å². The topological polar surface area (TPSA) is 274 Å². The zero-order valence-corrected chi connectivity index (χ0v) is 30.8. The van der Waals surface area contributed by atoms with Gasteiger partial charge >= 0.3 is 0 Å². The molecule has 292 valence electrons. The van der Waals surface area contributed by atoms with Gasteiger partial charge in [-0.05, 0) is 55.9 Å². The van der Waals surface area contributed by atoms with E-state index in [0.717, 1.165) is 43.2 Å². The first-order valence-electron chi connectivity index (χ1n) is 18.1. The Hall–Kier alpha value is -5.58. The van der Waals surface area contributed by atoms with E-state index < -0.39 is 59.8 Å². The maximum atomic E-state index is 13.9. The van der Waals surface area contributed by atoms with Crippen molar-refractivity contribution in [2.75, 3.05) is 6.54 Å². The lowest BCUT2D eigenvalue weighted by atomic mass is 9.84. The van der Waals surface area contributed by atoms with Crippen LogP contribution in [0.5, 0.6) is 0 Å². The molecule has 14 N–H and O–H groups in total. The number of carbonyl (C=O) groups excluding carboxylic acids is 5. The average molecular weight is 746 g/mol. The van der Waals surface area contributed by atoms with Gasteiger partial charge in [-0.3, -0.25) is 34.7 Å². The van der Waals surface area contributed by atoms with Gasteiger partial charge < -0.3 is 44.2 Å². The zero-order chi connectivity index (χ0) is 39.5. The summed E-state index contributed by atoms with van der Waals surface area (Å²) in [5, 5.41) is 17.4. The molecule has 0 heterocycles. The summed E-state index contributed by atoms with van der Waals surface area (Å²) in [6.07, 6.45) is 6.72. The SMILES string of the molecule is C=C(N/N=C(\N)C(=O)N[C@@H](CC1CCCCC1)C(=O)N[C@@H](CCCNC(N)N)C(=O)N[C@@H](Cc1ccccc1)C(N)=O)NC(=O)/C(C)=C/c1ccccc1. The van der Waals surface area contributed by atoms with Crippen LogP contribution in [-0.2, 0) is 30.4 Å². The first-order valence-corrected chi connectivity index (χ1v) is 18.1. The lowest BCUT2D eigenvalue weighted by Gasteiger charge is -2.28. The van der Waals surface area contributed by atoms with Crippen LogP contribution in [0.25, 0.3) is 6.08 Å². The molecule has 3 atom stereocenters. The van der Waals surface area contributed by atoms with Crippen LogP contribution in [0.4, 0.5) is 0 Å². The second-order valence-corrected chi connectivity index (χ2v) is 13.4. The molecular weight excluding hydrogens is 690 g/mol. The molecule has 3 rings (SSSR count). The van der Waals surface area contributed by atoms with Gasteiger partial charge in [0, 0.05) is 12.0 Å². The molecule has 0 unspecified atom stereocenters. The first-order chi connectivity index (χ1) is 25.8. The number of primary amides is 1. The van der Waals surface area contributed by atoms with Crippen molar-refractivity contribution in [3.8, 4) is 0 Å². The molecule has 5 amide bonds. The number of hydrogen-bond donors (Lipinski definition) is 10. The van der Waals surface area contributed by atoms with Crippen LogP contribution in [0.1, 0.15) is 69.4 Å². The molecule has 2 aromatic carbocycles. The molecule has 0 aliphatic heterocycles. The van der Waals surface area contributed by atoms with E-state index in [0.29, 0.717) is 25.0 Å². The number of hydrazone groups is 1. The van der Waals surface area contributed by atoms with Crippen LogP contribution < -0.4 is 54.9 Å². The van der Waals surface area contributed by atoms with E-state index in [1.165, 1.54) is 0 Å². The Morgan fingerprint density at radius 2 is 1.44 bits per heavy atom. The van der Waals surface area contributed by atoms with Gasteiger partial charge in [-0.25, -0.2) is 0 Å². The molecule has 0 bridgehead atoms. The average Bonchev–Trinajstić information content (AvgIpc) is 3.15. The first kappa shape index (κ1) is 42.8. The van der Waals surface area contributed by atoms with E-state index in [9.17, 15) is 24.0 Å². The van der Waals surface area contributed by atoms with E-state index in [2.05, 4.69) is 43.7 Å². The lowest BCUT2D eigenvalue weighted by Crippen LogP contribution is -2.58. The van der Waals surface area contributed by atoms with Crippen LogP contribution in [0.3, 0.4) is 0 Å². The minimum atomic E-state index is -1.10. The third-order valence-corrected chi connectivity index (χ3v) is 8.89. The standard InChI is InChI=1S/C38H55N11O5/c1-24(21-26-13-6-3-7-14-26)34(51)44-25(2)48-49-32(39)37(54)47-31(23-28-17-10-5-11-18-28)36(53)45-29(19-12-20-43-38(41)42)35(52)46-30(33(40)50)22-27-15-8-4-9-16-27/h3-4,6-9,13-16,21,28-31,38,43,48H,2,5,10-12,17-20,22-23,41-42H2,1H3,(H2,39,49)(H2,40,50)(H,44,51)(H,45,53)(H,46,52)(H,47,54)/b24-21+/t29-,30-,31-/m0/s1. The number of nitrogens with one attached hydrogen (secondary N) is 6. The number of amides is 5. The van der Waals surface area contributed by atoms with Crippen molar-refractivity contribution in [3.05, 3.63) is 89.8 Å². The van der Waals surface area contributed by atoms with Gasteiger partial charge in [-0.1, -0.05) is 99.3 Å². The Labute approximate surface area is 316 Å². The van der Waals surface area contributed by atoms with Crippen molar-refractivity contribution in [3.63, 3.8) is 0 Å². The van der Waals surface area contributed by atoms with Crippen molar-refractivity contribution < 1.29 is 24.0 Å². The molecule has 1 aliphatic rings. The van der Waals surface area contributed by atoms with E-state index in [4.69, 9.17) is 22.9 Å². The largest absolute Gasteiger partial charge is 0.378 e.